The van der Waals surface area contributed by atoms with Crippen molar-refractivity contribution < 1.29 is 19.5 Å². The van der Waals surface area contributed by atoms with Gasteiger partial charge in [0.1, 0.15) is 12.1 Å². The van der Waals surface area contributed by atoms with E-state index in [1.165, 1.54) is 0 Å². The van der Waals surface area contributed by atoms with E-state index in [0.29, 0.717) is 12.8 Å². The van der Waals surface area contributed by atoms with Gasteiger partial charge >= 0.3 is 5.97 Å². The maximum atomic E-state index is 11.9. The third-order valence-electron chi connectivity index (χ3n) is 3.41. The van der Waals surface area contributed by atoms with Gasteiger partial charge in [0, 0.05) is 6.42 Å². The van der Waals surface area contributed by atoms with Crippen LogP contribution in [0.15, 0.2) is 36.4 Å². The lowest BCUT2D eigenvalue weighted by Gasteiger charge is -2.16. The molecular weight excluding hydrogens is 284 g/mol. The van der Waals surface area contributed by atoms with E-state index in [4.69, 9.17) is 0 Å². The maximum Gasteiger partial charge on any atom is 0.326 e. The van der Waals surface area contributed by atoms with E-state index >= 15 is 0 Å². The highest BCUT2D eigenvalue weighted by atomic mass is 16.4. The summed E-state index contributed by atoms with van der Waals surface area (Å²) in [6.07, 6.45) is 4.39. The molecule has 6 heteroatoms. The molecule has 22 heavy (non-hydrogen) atoms. The highest BCUT2D eigenvalue weighted by molar-refractivity contribution is 5.92. The van der Waals surface area contributed by atoms with Crippen LogP contribution < -0.4 is 10.6 Å². The summed E-state index contributed by atoms with van der Waals surface area (Å²) in [5, 5.41) is 14.2. The number of hydrogen-bond donors (Lipinski definition) is 3. The molecule has 0 unspecified atom stereocenters. The molecule has 116 valence electrons. The summed E-state index contributed by atoms with van der Waals surface area (Å²) in [6.45, 7) is 0. The van der Waals surface area contributed by atoms with Gasteiger partial charge in [0.15, 0.2) is 0 Å². The second kappa shape index (κ2) is 7.40. The van der Waals surface area contributed by atoms with Gasteiger partial charge < -0.3 is 15.7 Å². The molecule has 0 aliphatic carbocycles. The molecule has 1 saturated heterocycles. The fraction of sp³-hybridized carbons (Fsp3) is 0.312. The van der Waals surface area contributed by atoms with Crippen LogP contribution in [0.25, 0.3) is 6.08 Å². The van der Waals surface area contributed by atoms with E-state index in [2.05, 4.69) is 10.6 Å². The molecule has 3 N–H and O–H groups in total. The summed E-state index contributed by atoms with van der Waals surface area (Å²) in [4.78, 5) is 34.2. The number of amides is 2. The van der Waals surface area contributed by atoms with Crippen molar-refractivity contribution in [1.29, 1.82) is 0 Å². The molecule has 2 atom stereocenters. The predicted octanol–water partition coefficient (Wildman–Crippen LogP) is 0.938. The maximum absolute atomic E-state index is 11.9. The van der Waals surface area contributed by atoms with Gasteiger partial charge in [-0.3, -0.25) is 9.59 Å². The summed E-state index contributed by atoms with van der Waals surface area (Å²) in [5.41, 5.74) is 0.959. The molecule has 6 nitrogen and oxygen atoms in total. The average molecular weight is 302 g/mol. The Morgan fingerprint density at radius 2 is 2.09 bits per heavy atom. The van der Waals surface area contributed by atoms with Crippen LogP contribution in [0.2, 0.25) is 0 Å². The lowest BCUT2D eigenvalue weighted by atomic mass is 10.1. The molecule has 1 aromatic carbocycles. The van der Waals surface area contributed by atoms with Crippen molar-refractivity contribution >= 4 is 23.9 Å². The first-order valence-electron chi connectivity index (χ1n) is 7.10. The number of carbonyl (C=O) groups excluding carboxylic acids is 2. The van der Waals surface area contributed by atoms with Gasteiger partial charge in [-0.2, -0.15) is 0 Å². The zero-order valence-electron chi connectivity index (χ0n) is 12.0. The first-order valence-corrected chi connectivity index (χ1v) is 7.10. The second-order valence-corrected chi connectivity index (χ2v) is 5.11. The molecule has 0 saturated carbocycles. The predicted molar refractivity (Wildman–Crippen MR) is 80.8 cm³/mol. The summed E-state index contributed by atoms with van der Waals surface area (Å²) < 4.78 is 0. The quantitative estimate of drug-likeness (QED) is 0.728. The highest BCUT2D eigenvalue weighted by Crippen LogP contribution is 2.08. The van der Waals surface area contributed by atoms with Crippen molar-refractivity contribution in [2.75, 3.05) is 0 Å². The Morgan fingerprint density at radius 1 is 1.36 bits per heavy atom. The summed E-state index contributed by atoms with van der Waals surface area (Å²) in [6, 6.07) is 7.83. The van der Waals surface area contributed by atoms with E-state index in [-0.39, 0.29) is 12.3 Å². The second-order valence-electron chi connectivity index (χ2n) is 5.11. The Balaban J connectivity index is 1.90. The number of aliphatic carboxylic acids is 1. The molecule has 2 rings (SSSR count). The van der Waals surface area contributed by atoms with Crippen LogP contribution in [0, 0.1) is 0 Å². The van der Waals surface area contributed by atoms with Gasteiger partial charge in [-0.05, 0) is 18.4 Å². The Kier molecular flexibility index (Phi) is 5.30. The van der Waals surface area contributed by atoms with Gasteiger partial charge in [0.2, 0.25) is 11.8 Å². The Labute approximate surface area is 128 Å². The topological polar surface area (TPSA) is 95.5 Å². The minimum absolute atomic E-state index is 0.177. The van der Waals surface area contributed by atoms with Gasteiger partial charge in [0.05, 0.1) is 0 Å². The fourth-order valence-electron chi connectivity index (χ4n) is 2.21. The van der Waals surface area contributed by atoms with Gasteiger partial charge in [0.25, 0.3) is 0 Å². The summed E-state index contributed by atoms with van der Waals surface area (Å²) >= 11 is 0. The largest absolute Gasteiger partial charge is 0.480 e. The number of carboxylic acids is 1. The van der Waals surface area contributed by atoms with E-state index in [1.807, 2.05) is 30.3 Å². The first-order chi connectivity index (χ1) is 10.6. The Morgan fingerprint density at radius 3 is 2.68 bits per heavy atom. The molecule has 0 radical (unpaired) electrons. The van der Waals surface area contributed by atoms with Crippen LogP contribution in [0.4, 0.5) is 0 Å². The van der Waals surface area contributed by atoms with Crippen LogP contribution in [0.5, 0.6) is 0 Å². The summed E-state index contributed by atoms with van der Waals surface area (Å²) in [7, 11) is 0. The van der Waals surface area contributed by atoms with Crippen LogP contribution in [-0.4, -0.2) is 35.0 Å². The van der Waals surface area contributed by atoms with Crippen LogP contribution in [0.3, 0.4) is 0 Å². The molecular formula is C16H18N2O4. The van der Waals surface area contributed by atoms with E-state index in [9.17, 15) is 19.5 Å². The molecule has 1 aliphatic heterocycles. The molecule has 1 aliphatic rings. The van der Waals surface area contributed by atoms with E-state index in [0.717, 1.165) is 5.56 Å². The zero-order valence-corrected chi connectivity index (χ0v) is 12.0. The molecule has 0 spiro atoms. The lowest BCUT2D eigenvalue weighted by molar-refractivity contribution is -0.142. The minimum atomic E-state index is -1.10. The van der Waals surface area contributed by atoms with Gasteiger partial charge in [-0.15, -0.1) is 0 Å². The number of benzene rings is 1. The third-order valence-corrected chi connectivity index (χ3v) is 3.41. The SMILES string of the molecule is O=C1CC[C@@H](C(=O)N[C@@H](C/C=C/c2ccccc2)C(=O)O)N1. The average Bonchev–Trinajstić information content (AvgIpc) is 2.93. The number of hydrogen-bond acceptors (Lipinski definition) is 3. The molecule has 0 bridgehead atoms. The minimum Gasteiger partial charge on any atom is -0.480 e. The number of nitrogens with one attached hydrogen (secondary N) is 2. The number of carbonyl (C=O) groups is 3. The van der Waals surface area contributed by atoms with Crippen molar-refractivity contribution in [2.24, 2.45) is 0 Å². The van der Waals surface area contributed by atoms with Crippen LogP contribution >= 0.6 is 0 Å². The van der Waals surface area contributed by atoms with E-state index in [1.54, 1.807) is 12.2 Å². The lowest BCUT2D eigenvalue weighted by Crippen LogP contribution is -2.48. The van der Waals surface area contributed by atoms with Crippen LogP contribution in [-0.2, 0) is 14.4 Å². The third kappa shape index (κ3) is 4.44. The monoisotopic (exact) mass is 302 g/mol. The smallest absolute Gasteiger partial charge is 0.326 e. The molecule has 1 heterocycles. The van der Waals surface area contributed by atoms with E-state index < -0.39 is 24.0 Å². The number of carboxylic acid groups (broad SMARTS) is 1. The Bertz CT molecular complexity index is 583. The fourth-order valence-corrected chi connectivity index (χ4v) is 2.21. The molecule has 2 amide bonds. The van der Waals surface area contributed by atoms with Crippen molar-refractivity contribution in [3.05, 3.63) is 42.0 Å². The standard InChI is InChI=1S/C16H18N2O4/c19-14-10-9-12(17-14)15(20)18-13(16(21)22)8-4-7-11-5-2-1-3-6-11/h1-7,12-13H,8-10H2,(H,17,19)(H,18,20)(H,21,22)/b7-4+/t12-,13-/m0/s1. The van der Waals surface area contributed by atoms with Crippen molar-refractivity contribution in [3.8, 4) is 0 Å². The zero-order chi connectivity index (χ0) is 15.9. The molecule has 1 fully saturated rings. The summed E-state index contributed by atoms with van der Waals surface area (Å²) in [5.74, 6) is -1.74. The number of rotatable bonds is 6. The van der Waals surface area contributed by atoms with Crippen molar-refractivity contribution in [1.82, 2.24) is 10.6 Å². The normalized spacial score (nSPS) is 18.9. The van der Waals surface area contributed by atoms with Gasteiger partial charge in [-0.1, -0.05) is 42.5 Å². The van der Waals surface area contributed by atoms with Crippen molar-refractivity contribution in [2.45, 2.75) is 31.3 Å². The molecule has 0 aromatic heterocycles. The molecule has 1 aromatic rings. The highest BCUT2D eigenvalue weighted by Gasteiger charge is 2.29. The van der Waals surface area contributed by atoms with Crippen molar-refractivity contribution in [3.63, 3.8) is 0 Å². The van der Waals surface area contributed by atoms with Gasteiger partial charge in [-0.25, -0.2) is 4.79 Å². The van der Waals surface area contributed by atoms with Crippen LogP contribution in [0.1, 0.15) is 24.8 Å². The first kappa shape index (κ1) is 15.8. The Hall–Kier alpha value is -2.63.